The number of pyridine rings is 2. The zero-order chi connectivity index (χ0) is 34.6. The third-order valence-electron chi connectivity index (χ3n) is 6.07. The van der Waals surface area contributed by atoms with Crippen molar-refractivity contribution in [1.82, 2.24) is 9.97 Å². The Bertz CT molecular complexity index is 2390. The van der Waals surface area contributed by atoms with Crippen LogP contribution in [0.15, 0.2) is 18.5 Å². The van der Waals surface area contributed by atoms with E-state index in [-0.39, 0.29) is 0 Å². The standard InChI is InChI=1S/C29H3F6N11/c30-28(31,32)26-21(9-43)24(14(3-37)11-45-26)18(6-40)16-1-13(2-36)23(19(7-41)17(16)5-39)20(8-42)25-15(4-38)12-46-27(22(25)10-44)29(33,34)35/h1,11-12H/b18-16+,23-20+. The van der Waals surface area contributed by atoms with E-state index in [9.17, 15) is 73.7 Å². The van der Waals surface area contributed by atoms with Gasteiger partial charge in [-0.1, -0.05) is 0 Å². The summed E-state index contributed by atoms with van der Waals surface area (Å²) in [5.74, 6) is 0. The number of hydrogen-bond donors (Lipinski definition) is 0. The van der Waals surface area contributed by atoms with Gasteiger partial charge in [0.15, 0.2) is 11.4 Å². The monoisotopic (exact) mass is 619 g/mol. The van der Waals surface area contributed by atoms with Crippen molar-refractivity contribution in [2.24, 2.45) is 0 Å². The molecule has 216 valence electrons. The van der Waals surface area contributed by atoms with Gasteiger partial charge in [-0.2, -0.15) is 73.7 Å². The van der Waals surface area contributed by atoms with E-state index in [1.165, 1.54) is 54.6 Å². The zero-order valence-corrected chi connectivity index (χ0v) is 21.9. The summed E-state index contributed by atoms with van der Waals surface area (Å²) in [5, 5.41) is 86.9. The van der Waals surface area contributed by atoms with E-state index >= 15 is 0 Å². The third-order valence-corrected chi connectivity index (χ3v) is 6.07. The fourth-order valence-corrected chi connectivity index (χ4v) is 4.30. The maximum Gasteiger partial charge on any atom is 0.434 e. The van der Waals surface area contributed by atoms with Gasteiger partial charge in [-0.15, -0.1) is 0 Å². The van der Waals surface area contributed by atoms with Gasteiger partial charge < -0.3 is 0 Å². The average molecular weight is 619 g/mol. The average Bonchev–Trinajstić information content (AvgIpc) is 3.03. The van der Waals surface area contributed by atoms with Gasteiger partial charge in [-0.3, -0.25) is 0 Å². The molecular formula is C29H3F6N11. The number of hydrogen-bond acceptors (Lipinski definition) is 11. The first-order chi connectivity index (χ1) is 21.7. The predicted molar refractivity (Wildman–Crippen MR) is 133 cm³/mol. The molecule has 17 heteroatoms. The molecule has 0 saturated heterocycles. The molecule has 0 aliphatic carbocycles. The van der Waals surface area contributed by atoms with Crippen molar-refractivity contribution < 1.29 is 26.3 Å². The smallest absolute Gasteiger partial charge is 0.249 e. The number of rotatable bonds is 2. The molecule has 0 aliphatic heterocycles. The molecule has 3 rings (SSSR count). The molecule has 2 aromatic heterocycles. The van der Waals surface area contributed by atoms with Crippen molar-refractivity contribution in [3.05, 3.63) is 90.4 Å². The summed E-state index contributed by atoms with van der Waals surface area (Å²) >= 11 is 0. The second-order valence-corrected chi connectivity index (χ2v) is 8.39. The maximum absolute atomic E-state index is 13.7. The van der Waals surface area contributed by atoms with Crippen LogP contribution < -0.4 is 10.4 Å². The Morgan fingerprint density at radius 1 is 0.500 bits per heavy atom. The minimum atomic E-state index is -5.29. The molecule has 0 spiro atoms. The highest BCUT2D eigenvalue weighted by molar-refractivity contribution is 5.88. The van der Waals surface area contributed by atoms with Gasteiger partial charge in [0, 0.05) is 34.0 Å². The van der Waals surface area contributed by atoms with Crippen LogP contribution in [0, 0.1) is 102 Å². The molecule has 0 unspecified atom stereocenters. The van der Waals surface area contributed by atoms with Gasteiger partial charge in [0.2, 0.25) is 0 Å². The number of nitrogens with zero attached hydrogens (tertiary/aromatic N) is 11. The van der Waals surface area contributed by atoms with Crippen LogP contribution in [0.2, 0.25) is 0 Å². The summed E-state index contributed by atoms with van der Waals surface area (Å²) in [7, 11) is 0. The van der Waals surface area contributed by atoms with E-state index in [1.54, 1.807) is 0 Å². The Hall–Kier alpha value is -7.75. The molecule has 3 aromatic rings. The molecule has 0 atom stereocenters. The number of halogens is 6. The van der Waals surface area contributed by atoms with Crippen molar-refractivity contribution in [2.45, 2.75) is 12.4 Å². The Balaban J connectivity index is 2.86. The second kappa shape index (κ2) is 12.2. The number of aromatic nitrogens is 2. The molecule has 0 amide bonds. The second-order valence-electron chi connectivity index (χ2n) is 8.39. The Morgan fingerprint density at radius 3 is 1.22 bits per heavy atom. The highest BCUT2D eigenvalue weighted by Gasteiger charge is 2.39. The lowest BCUT2D eigenvalue weighted by molar-refractivity contribution is -0.142. The molecule has 0 bridgehead atoms. The van der Waals surface area contributed by atoms with E-state index in [1.807, 2.05) is 0 Å². The molecule has 0 radical (unpaired) electrons. The van der Waals surface area contributed by atoms with Crippen LogP contribution in [-0.4, -0.2) is 9.97 Å². The third kappa shape index (κ3) is 5.29. The summed E-state index contributed by atoms with van der Waals surface area (Å²) in [4.78, 5) is 6.14. The largest absolute Gasteiger partial charge is 0.434 e. The first-order valence-electron chi connectivity index (χ1n) is 11.5. The highest BCUT2D eigenvalue weighted by Crippen LogP contribution is 2.36. The van der Waals surface area contributed by atoms with Crippen molar-refractivity contribution in [1.29, 1.82) is 47.4 Å². The molecule has 0 fully saturated rings. The topological polar surface area (TPSA) is 240 Å². The van der Waals surface area contributed by atoms with Crippen LogP contribution in [0.3, 0.4) is 0 Å². The van der Waals surface area contributed by atoms with E-state index < -0.39 is 95.4 Å². The minimum absolute atomic E-state index is 0.379. The number of alkyl halides is 6. The van der Waals surface area contributed by atoms with E-state index in [4.69, 9.17) is 0 Å². The van der Waals surface area contributed by atoms with E-state index in [0.717, 1.165) is 0 Å². The molecule has 0 saturated carbocycles. The molecule has 1 aromatic carbocycles. The van der Waals surface area contributed by atoms with Gasteiger partial charge in [0.1, 0.15) is 48.6 Å². The lowest BCUT2D eigenvalue weighted by Crippen LogP contribution is -2.27. The van der Waals surface area contributed by atoms with Crippen molar-refractivity contribution >= 4 is 11.1 Å². The molecule has 46 heavy (non-hydrogen) atoms. The van der Waals surface area contributed by atoms with E-state index in [0.29, 0.717) is 18.5 Å². The van der Waals surface area contributed by atoms with Crippen molar-refractivity contribution in [2.75, 3.05) is 0 Å². The van der Waals surface area contributed by atoms with Gasteiger partial charge in [0.05, 0.1) is 56.2 Å². The van der Waals surface area contributed by atoms with Gasteiger partial charge in [-0.05, 0) is 6.07 Å². The maximum atomic E-state index is 13.7. The first-order valence-corrected chi connectivity index (χ1v) is 11.5. The Morgan fingerprint density at radius 2 is 0.891 bits per heavy atom. The van der Waals surface area contributed by atoms with Crippen LogP contribution in [0.1, 0.15) is 61.5 Å². The SMILES string of the molecule is N#C/C(c1c(C#N)cnc(C(F)(F)F)c1C#N)=c1/cc(C#N)/c(=C(/C#N)c2c(C#N)cnc(C(F)(F)F)c2C#N)c(C#N)c1C#N. The molecule has 2 heterocycles. The van der Waals surface area contributed by atoms with Crippen LogP contribution in [0.5, 0.6) is 0 Å². The summed E-state index contributed by atoms with van der Waals surface area (Å²) in [6.07, 6.45) is -9.80. The van der Waals surface area contributed by atoms with Gasteiger partial charge in [-0.25, -0.2) is 9.97 Å². The fourth-order valence-electron chi connectivity index (χ4n) is 4.30. The van der Waals surface area contributed by atoms with Gasteiger partial charge >= 0.3 is 12.4 Å². The van der Waals surface area contributed by atoms with Crippen LogP contribution in [0.25, 0.3) is 11.1 Å². The zero-order valence-electron chi connectivity index (χ0n) is 21.9. The Labute approximate surface area is 252 Å². The lowest BCUT2D eigenvalue weighted by Gasteiger charge is -2.14. The molecule has 0 aliphatic rings. The van der Waals surface area contributed by atoms with Crippen LogP contribution >= 0.6 is 0 Å². The highest BCUT2D eigenvalue weighted by atomic mass is 19.4. The Kier molecular flexibility index (Phi) is 8.71. The fraction of sp³-hybridized carbons (Fsp3) is 0.0690. The normalized spacial score (nSPS) is 11.8. The number of nitriles is 9. The summed E-state index contributed by atoms with van der Waals surface area (Å²) in [5.41, 5.74) is -14.6. The van der Waals surface area contributed by atoms with Crippen molar-refractivity contribution in [3.63, 3.8) is 0 Å². The predicted octanol–water partition coefficient (Wildman–Crippen LogP) is 3.06. The summed E-state index contributed by atoms with van der Waals surface area (Å²) in [6.45, 7) is 0. The summed E-state index contributed by atoms with van der Waals surface area (Å²) < 4.78 is 82.2. The van der Waals surface area contributed by atoms with Crippen LogP contribution in [-0.2, 0) is 12.4 Å². The first kappa shape index (κ1) is 32.8. The lowest BCUT2D eigenvalue weighted by atomic mass is 9.87. The molecular weight excluding hydrogens is 616 g/mol. The van der Waals surface area contributed by atoms with Crippen LogP contribution in [0.4, 0.5) is 26.3 Å². The minimum Gasteiger partial charge on any atom is -0.249 e. The van der Waals surface area contributed by atoms with E-state index in [2.05, 4.69) is 9.97 Å². The quantitative estimate of drug-likeness (QED) is 0.377. The molecule has 0 N–H and O–H groups in total. The number of benzene rings is 1. The van der Waals surface area contributed by atoms with Gasteiger partial charge in [0.25, 0.3) is 0 Å². The summed E-state index contributed by atoms with van der Waals surface area (Å²) in [6, 6.07) is 13.3. The van der Waals surface area contributed by atoms with Crippen molar-refractivity contribution in [3.8, 4) is 54.6 Å². The molecule has 11 nitrogen and oxygen atoms in total.